The van der Waals surface area contributed by atoms with Crippen LogP contribution in [0.2, 0.25) is 0 Å². The summed E-state index contributed by atoms with van der Waals surface area (Å²) in [5.41, 5.74) is 0. The van der Waals surface area contributed by atoms with Crippen LogP contribution in [0.15, 0.2) is 0 Å². The second-order valence-corrected chi connectivity index (χ2v) is 4.16. The Morgan fingerprint density at radius 2 is 1.58 bits per heavy atom. The third kappa shape index (κ3) is 8.82. The first-order chi connectivity index (χ1) is 5.12. The number of hydrogen-bond donors (Lipinski definition) is 0. The van der Waals surface area contributed by atoms with E-state index in [4.69, 9.17) is 11.6 Å². The van der Waals surface area contributed by atoms with Crippen molar-refractivity contribution in [3.63, 3.8) is 0 Å². The molecule has 0 spiro atoms. The van der Waals surface area contributed by atoms with Crippen molar-refractivity contribution in [2.75, 3.05) is 33.1 Å². The maximum absolute atomic E-state index is 5.63. The van der Waals surface area contributed by atoms with Crippen LogP contribution in [0.25, 0.3) is 0 Å². The van der Waals surface area contributed by atoms with E-state index in [0.29, 0.717) is 0 Å². The lowest BCUT2D eigenvalue weighted by atomic mass is 10.3. The third-order valence-corrected chi connectivity index (χ3v) is 2.28. The van der Waals surface area contributed by atoms with Gasteiger partial charge in [-0.2, -0.15) is 0 Å². The molecule has 0 aliphatic rings. The van der Waals surface area contributed by atoms with E-state index >= 15 is 0 Å². The number of unbranched alkanes of at least 4 members (excludes halogenated alkanes) is 1. The van der Waals surface area contributed by atoms with Gasteiger partial charge in [0.2, 0.25) is 0 Å². The van der Waals surface area contributed by atoms with Gasteiger partial charge in [0.25, 0.3) is 0 Å². The molecular weight excluding hydrogens is 237 g/mol. The number of nitrogens with zero attached hydrogens (tertiary/aromatic N) is 1. The highest BCUT2D eigenvalue weighted by atomic mass is 79.9. The molecule has 0 aromatic carbocycles. The molecule has 0 bridgehead atoms. The molecule has 0 aromatic rings. The number of quaternary nitrogens is 1. The van der Waals surface area contributed by atoms with Crippen LogP contribution in [0.3, 0.4) is 0 Å². The maximum atomic E-state index is 5.63. The second-order valence-electron chi connectivity index (χ2n) is 3.78. The summed E-state index contributed by atoms with van der Waals surface area (Å²) < 4.78 is 1.13. The topological polar surface area (TPSA) is 0 Å². The zero-order valence-corrected chi connectivity index (χ0v) is 10.8. The van der Waals surface area contributed by atoms with Gasteiger partial charge in [-0.05, 0) is 6.42 Å². The third-order valence-electron chi connectivity index (χ3n) is 2.01. The van der Waals surface area contributed by atoms with E-state index in [-0.39, 0.29) is 17.0 Å². The van der Waals surface area contributed by atoms with Gasteiger partial charge in [-0.1, -0.05) is 13.3 Å². The number of hydrogen-bond acceptors (Lipinski definition) is 0. The zero-order valence-electron chi connectivity index (χ0n) is 8.45. The molecule has 0 aliphatic heterocycles. The van der Waals surface area contributed by atoms with E-state index in [2.05, 4.69) is 21.0 Å². The summed E-state index contributed by atoms with van der Waals surface area (Å²) in [4.78, 5) is 0. The molecule has 3 heteroatoms. The molecule has 76 valence electrons. The molecular formula is C9H21BrClN. The standard InChI is InChI=1S/C9H21ClN.BrH/c1-4-5-8-11(2,3)9-6-7-10;/h4-9H2,1-3H3;1H/q+1;/p-1. The number of rotatable bonds is 6. The Kier molecular flexibility index (Phi) is 10.6. The lowest BCUT2D eigenvalue weighted by Gasteiger charge is -2.29. The minimum Gasteiger partial charge on any atom is -1.00 e. The van der Waals surface area contributed by atoms with Crippen LogP contribution in [-0.2, 0) is 0 Å². The van der Waals surface area contributed by atoms with E-state index < -0.39 is 0 Å². The summed E-state index contributed by atoms with van der Waals surface area (Å²) in [5, 5.41) is 0. The Bertz CT molecular complexity index is 86.5. The fourth-order valence-corrected chi connectivity index (χ4v) is 1.31. The zero-order chi connectivity index (χ0) is 8.74. The van der Waals surface area contributed by atoms with Crippen LogP contribution in [-0.4, -0.2) is 37.5 Å². The van der Waals surface area contributed by atoms with Crippen molar-refractivity contribution >= 4 is 11.6 Å². The average Bonchev–Trinajstić information content (AvgIpc) is 1.97. The smallest absolute Gasteiger partial charge is 0.0794 e. The van der Waals surface area contributed by atoms with Crippen molar-refractivity contribution < 1.29 is 21.5 Å². The van der Waals surface area contributed by atoms with Crippen molar-refractivity contribution in [3.8, 4) is 0 Å². The van der Waals surface area contributed by atoms with Crippen molar-refractivity contribution in [1.29, 1.82) is 0 Å². The summed E-state index contributed by atoms with van der Waals surface area (Å²) in [7, 11) is 4.56. The lowest BCUT2D eigenvalue weighted by molar-refractivity contribution is -0.890. The Morgan fingerprint density at radius 1 is 1.08 bits per heavy atom. The first-order valence-electron chi connectivity index (χ1n) is 4.50. The molecule has 0 radical (unpaired) electrons. The van der Waals surface area contributed by atoms with Crippen LogP contribution in [0.5, 0.6) is 0 Å². The van der Waals surface area contributed by atoms with E-state index in [1.54, 1.807) is 0 Å². The highest BCUT2D eigenvalue weighted by molar-refractivity contribution is 6.17. The van der Waals surface area contributed by atoms with Crippen molar-refractivity contribution in [2.45, 2.75) is 26.2 Å². The molecule has 12 heavy (non-hydrogen) atoms. The molecule has 0 aromatic heterocycles. The van der Waals surface area contributed by atoms with Gasteiger partial charge >= 0.3 is 0 Å². The van der Waals surface area contributed by atoms with Gasteiger partial charge in [-0.3, -0.25) is 0 Å². The van der Waals surface area contributed by atoms with Crippen LogP contribution >= 0.6 is 11.6 Å². The predicted octanol–water partition coefficient (Wildman–Crippen LogP) is -0.504. The lowest BCUT2D eigenvalue weighted by Crippen LogP contribution is -3.00. The van der Waals surface area contributed by atoms with Gasteiger partial charge in [0, 0.05) is 12.3 Å². The van der Waals surface area contributed by atoms with Gasteiger partial charge in [0.1, 0.15) is 0 Å². The molecule has 0 unspecified atom stereocenters. The molecule has 0 amide bonds. The fourth-order valence-electron chi connectivity index (χ4n) is 1.19. The molecule has 0 saturated heterocycles. The quantitative estimate of drug-likeness (QED) is 0.445. The van der Waals surface area contributed by atoms with Crippen LogP contribution in [0, 0.1) is 0 Å². The molecule has 0 atom stereocenters. The first-order valence-corrected chi connectivity index (χ1v) is 5.04. The molecule has 1 nitrogen and oxygen atoms in total. The summed E-state index contributed by atoms with van der Waals surface area (Å²) in [5.74, 6) is 0.799. The summed E-state index contributed by atoms with van der Waals surface area (Å²) in [6, 6.07) is 0. The molecule has 0 saturated carbocycles. The predicted molar refractivity (Wildman–Crippen MR) is 52.1 cm³/mol. The SMILES string of the molecule is CCCC[N+](C)(C)CCCCl.[Br-]. The largest absolute Gasteiger partial charge is 1.00 e. The Hall–Kier alpha value is 0.730. The van der Waals surface area contributed by atoms with Crippen LogP contribution in [0.4, 0.5) is 0 Å². The van der Waals surface area contributed by atoms with Gasteiger partial charge < -0.3 is 21.5 Å². The monoisotopic (exact) mass is 257 g/mol. The van der Waals surface area contributed by atoms with Gasteiger partial charge in [0.05, 0.1) is 27.2 Å². The minimum atomic E-state index is 0. The fraction of sp³-hybridized carbons (Fsp3) is 1.00. The highest BCUT2D eigenvalue weighted by Crippen LogP contribution is 2.03. The van der Waals surface area contributed by atoms with Crippen LogP contribution < -0.4 is 17.0 Å². The van der Waals surface area contributed by atoms with Gasteiger partial charge in [0.15, 0.2) is 0 Å². The molecule has 0 rings (SSSR count). The van der Waals surface area contributed by atoms with Crippen LogP contribution in [0.1, 0.15) is 26.2 Å². The summed E-state index contributed by atoms with van der Waals surface area (Å²) in [6.07, 6.45) is 3.76. The second kappa shape index (κ2) is 8.33. The number of halogens is 2. The Morgan fingerprint density at radius 3 is 2.00 bits per heavy atom. The van der Waals surface area contributed by atoms with E-state index in [1.807, 2.05) is 0 Å². The highest BCUT2D eigenvalue weighted by Gasteiger charge is 2.12. The van der Waals surface area contributed by atoms with E-state index in [0.717, 1.165) is 16.8 Å². The minimum absolute atomic E-state index is 0. The van der Waals surface area contributed by atoms with Crippen molar-refractivity contribution in [1.82, 2.24) is 0 Å². The Labute approximate surface area is 92.4 Å². The molecule has 0 N–H and O–H groups in total. The van der Waals surface area contributed by atoms with Crippen molar-refractivity contribution in [2.24, 2.45) is 0 Å². The number of alkyl halides is 1. The van der Waals surface area contributed by atoms with E-state index in [1.165, 1.54) is 25.9 Å². The molecule has 0 heterocycles. The van der Waals surface area contributed by atoms with Crippen molar-refractivity contribution in [3.05, 3.63) is 0 Å². The summed E-state index contributed by atoms with van der Waals surface area (Å²) in [6.45, 7) is 4.73. The average molecular weight is 259 g/mol. The Balaban J connectivity index is 0. The maximum Gasteiger partial charge on any atom is 0.0794 e. The first kappa shape index (κ1) is 15.2. The van der Waals surface area contributed by atoms with E-state index in [9.17, 15) is 0 Å². The van der Waals surface area contributed by atoms with Gasteiger partial charge in [-0.25, -0.2) is 0 Å². The normalized spacial score (nSPS) is 11.0. The summed E-state index contributed by atoms with van der Waals surface area (Å²) >= 11 is 5.63. The molecule has 0 aliphatic carbocycles. The van der Waals surface area contributed by atoms with Gasteiger partial charge in [-0.15, -0.1) is 11.6 Å². The molecule has 0 fully saturated rings.